The summed E-state index contributed by atoms with van der Waals surface area (Å²) in [5.74, 6) is -1.43. The molecule has 7 nitrogen and oxygen atoms in total. The molecule has 0 atom stereocenters. The van der Waals surface area contributed by atoms with Crippen LogP contribution in [-0.2, 0) is 14.3 Å². The first-order valence-electron chi connectivity index (χ1n) is 7.37. The van der Waals surface area contributed by atoms with Gasteiger partial charge in [-0.05, 0) is 25.7 Å². The second-order valence-corrected chi connectivity index (χ2v) is 5.67. The number of esters is 1. The van der Waals surface area contributed by atoms with Gasteiger partial charge in [0.1, 0.15) is 0 Å². The Morgan fingerprint density at radius 2 is 1.33 bits per heavy atom. The van der Waals surface area contributed by atoms with Gasteiger partial charge in [0.2, 0.25) is 0 Å². The Balaban J connectivity index is 1.80. The van der Waals surface area contributed by atoms with Gasteiger partial charge in [-0.25, -0.2) is 4.79 Å². The van der Waals surface area contributed by atoms with E-state index in [2.05, 4.69) is 0 Å². The smallest absolute Gasteiger partial charge is 0.319 e. The minimum absolute atomic E-state index is 0.0397. The van der Waals surface area contributed by atoms with Crippen LogP contribution in [0.25, 0.3) is 0 Å². The Kier molecular flexibility index (Phi) is 5.03. The number of amides is 2. The fraction of sp³-hybridized carbons (Fsp3) is 0.786. The van der Waals surface area contributed by atoms with Crippen molar-refractivity contribution in [1.82, 2.24) is 9.80 Å². The molecule has 2 aliphatic heterocycles. The van der Waals surface area contributed by atoms with E-state index in [0.717, 1.165) is 0 Å². The van der Waals surface area contributed by atoms with Crippen LogP contribution in [0.4, 0.5) is 4.79 Å². The highest BCUT2D eigenvalue weighted by Gasteiger charge is 2.32. The van der Waals surface area contributed by atoms with Crippen molar-refractivity contribution in [3.8, 4) is 0 Å². The molecular formula is C14H22N2O5. The Morgan fingerprint density at radius 1 is 0.905 bits per heavy atom. The molecule has 0 aromatic rings. The van der Waals surface area contributed by atoms with E-state index < -0.39 is 5.97 Å². The van der Waals surface area contributed by atoms with Crippen molar-refractivity contribution in [1.29, 1.82) is 0 Å². The fourth-order valence-electron chi connectivity index (χ4n) is 2.99. The number of urea groups is 1. The number of piperidine rings is 2. The quantitative estimate of drug-likeness (QED) is 0.762. The van der Waals surface area contributed by atoms with E-state index in [1.807, 2.05) is 0 Å². The van der Waals surface area contributed by atoms with Crippen LogP contribution in [0, 0.1) is 11.8 Å². The third kappa shape index (κ3) is 3.65. The van der Waals surface area contributed by atoms with Gasteiger partial charge in [-0.1, -0.05) is 0 Å². The number of carbonyl (C=O) groups excluding carboxylic acids is 2. The van der Waals surface area contributed by atoms with Crippen LogP contribution in [0.1, 0.15) is 25.7 Å². The van der Waals surface area contributed by atoms with Gasteiger partial charge >= 0.3 is 18.0 Å². The largest absolute Gasteiger partial charge is 0.481 e. The van der Waals surface area contributed by atoms with E-state index in [-0.39, 0.29) is 23.8 Å². The number of likely N-dealkylation sites (tertiary alicyclic amines) is 2. The topological polar surface area (TPSA) is 87.2 Å². The molecule has 2 rings (SSSR count). The Bertz CT molecular complexity index is 410. The zero-order chi connectivity index (χ0) is 15.4. The average Bonchev–Trinajstić information content (AvgIpc) is 2.53. The molecule has 0 aromatic heterocycles. The first kappa shape index (κ1) is 15.6. The summed E-state index contributed by atoms with van der Waals surface area (Å²) in [7, 11) is 1.38. The zero-order valence-electron chi connectivity index (χ0n) is 12.3. The van der Waals surface area contributed by atoms with E-state index in [1.165, 1.54) is 7.11 Å². The average molecular weight is 298 g/mol. The highest BCUT2D eigenvalue weighted by molar-refractivity contribution is 5.77. The molecule has 2 aliphatic rings. The molecular weight excluding hydrogens is 276 g/mol. The summed E-state index contributed by atoms with van der Waals surface area (Å²) in [5.41, 5.74) is 0. The third-order valence-corrected chi connectivity index (χ3v) is 4.41. The Hall–Kier alpha value is -1.79. The van der Waals surface area contributed by atoms with Crippen molar-refractivity contribution in [2.75, 3.05) is 33.3 Å². The summed E-state index contributed by atoms with van der Waals surface area (Å²) in [6, 6.07) is -0.0397. The standard InChI is InChI=1S/C14H22N2O5/c1-21-13(19)11-4-8-16(9-5-11)14(20)15-6-2-10(3-7-15)12(17)18/h10-11H,2-9H2,1H3,(H,17,18). The number of carboxylic acid groups (broad SMARTS) is 1. The summed E-state index contributed by atoms with van der Waals surface area (Å²) in [6.07, 6.45) is 2.29. The van der Waals surface area contributed by atoms with E-state index in [4.69, 9.17) is 9.84 Å². The second kappa shape index (κ2) is 6.78. The van der Waals surface area contributed by atoms with Crippen LogP contribution in [0.5, 0.6) is 0 Å². The van der Waals surface area contributed by atoms with Crippen molar-refractivity contribution < 1.29 is 24.2 Å². The van der Waals surface area contributed by atoms with Crippen LogP contribution in [-0.4, -0.2) is 66.2 Å². The number of carboxylic acids is 1. The van der Waals surface area contributed by atoms with Crippen molar-refractivity contribution in [2.45, 2.75) is 25.7 Å². The summed E-state index contributed by atoms with van der Waals surface area (Å²) in [5, 5.41) is 8.96. The Labute approximate surface area is 123 Å². The first-order chi connectivity index (χ1) is 10.0. The SMILES string of the molecule is COC(=O)C1CCN(C(=O)N2CCC(C(=O)O)CC2)CC1. The molecule has 0 bridgehead atoms. The lowest BCUT2D eigenvalue weighted by Crippen LogP contribution is -2.50. The third-order valence-electron chi connectivity index (χ3n) is 4.41. The highest BCUT2D eigenvalue weighted by Crippen LogP contribution is 2.22. The van der Waals surface area contributed by atoms with Gasteiger partial charge in [0.15, 0.2) is 0 Å². The number of aliphatic carboxylic acids is 1. The van der Waals surface area contributed by atoms with Crippen molar-refractivity contribution >= 4 is 18.0 Å². The summed E-state index contributed by atoms with van der Waals surface area (Å²) in [4.78, 5) is 38.2. The molecule has 2 amide bonds. The van der Waals surface area contributed by atoms with E-state index in [9.17, 15) is 14.4 Å². The molecule has 7 heteroatoms. The summed E-state index contributed by atoms with van der Waals surface area (Å²) >= 11 is 0. The fourth-order valence-corrected chi connectivity index (χ4v) is 2.99. The molecule has 1 N–H and O–H groups in total. The number of carbonyl (C=O) groups is 3. The van der Waals surface area contributed by atoms with Crippen LogP contribution in [0.3, 0.4) is 0 Å². The number of rotatable bonds is 2. The van der Waals surface area contributed by atoms with Gasteiger partial charge in [0.05, 0.1) is 18.9 Å². The van der Waals surface area contributed by atoms with Gasteiger partial charge in [-0.2, -0.15) is 0 Å². The number of methoxy groups -OCH3 is 1. The van der Waals surface area contributed by atoms with Crippen LogP contribution >= 0.6 is 0 Å². The maximum atomic E-state index is 12.4. The summed E-state index contributed by atoms with van der Waals surface area (Å²) < 4.78 is 4.73. The molecule has 2 saturated heterocycles. The molecule has 0 aromatic carbocycles. The van der Waals surface area contributed by atoms with Crippen molar-refractivity contribution in [2.24, 2.45) is 11.8 Å². The van der Waals surface area contributed by atoms with Gasteiger partial charge in [0, 0.05) is 26.2 Å². The van der Waals surface area contributed by atoms with Gasteiger partial charge in [-0.15, -0.1) is 0 Å². The zero-order valence-corrected chi connectivity index (χ0v) is 12.3. The second-order valence-electron chi connectivity index (χ2n) is 5.67. The number of hydrogen-bond acceptors (Lipinski definition) is 4. The van der Waals surface area contributed by atoms with E-state index in [0.29, 0.717) is 51.9 Å². The molecule has 118 valence electrons. The van der Waals surface area contributed by atoms with Gasteiger partial charge in [0.25, 0.3) is 0 Å². The molecule has 0 unspecified atom stereocenters. The van der Waals surface area contributed by atoms with Crippen LogP contribution in [0.2, 0.25) is 0 Å². The lowest BCUT2D eigenvalue weighted by atomic mass is 9.96. The Morgan fingerprint density at radius 3 is 1.71 bits per heavy atom. The normalized spacial score (nSPS) is 21.2. The van der Waals surface area contributed by atoms with Crippen molar-refractivity contribution in [3.05, 3.63) is 0 Å². The summed E-state index contributed by atoms with van der Waals surface area (Å²) in [6.45, 7) is 2.09. The maximum absolute atomic E-state index is 12.4. The molecule has 0 spiro atoms. The highest BCUT2D eigenvalue weighted by atomic mass is 16.5. The minimum atomic E-state index is -0.777. The monoisotopic (exact) mass is 298 g/mol. The molecule has 0 radical (unpaired) electrons. The number of nitrogens with zero attached hydrogens (tertiary/aromatic N) is 2. The molecule has 0 aliphatic carbocycles. The van der Waals surface area contributed by atoms with Gasteiger partial charge < -0.3 is 19.6 Å². The van der Waals surface area contributed by atoms with Crippen LogP contribution < -0.4 is 0 Å². The van der Waals surface area contributed by atoms with Gasteiger partial charge in [-0.3, -0.25) is 9.59 Å². The van der Waals surface area contributed by atoms with Crippen molar-refractivity contribution in [3.63, 3.8) is 0 Å². The number of ether oxygens (including phenoxy) is 1. The maximum Gasteiger partial charge on any atom is 0.319 e. The molecule has 0 saturated carbocycles. The van der Waals surface area contributed by atoms with E-state index >= 15 is 0 Å². The molecule has 2 heterocycles. The van der Waals surface area contributed by atoms with E-state index in [1.54, 1.807) is 9.80 Å². The first-order valence-corrected chi connectivity index (χ1v) is 7.37. The molecule has 21 heavy (non-hydrogen) atoms. The lowest BCUT2D eigenvalue weighted by Gasteiger charge is -2.37. The molecule has 2 fully saturated rings. The predicted octanol–water partition coefficient (Wildman–Crippen LogP) is 0.788. The predicted molar refractivity (Wildman–Crippen MR) is 73.6 cm³/mol. The van der Waals surface area contributed by atoms with Crippen LogP contribution in [0.15, 0.2) is 0 Å². The minimum Gasteiger partial charge on any atom is -0.481 e. The number of hydrogen-bond donors (Lipinski definition) is 1. The lowest BCUT2D eigenvalue weighted by molar-refractivity contribution is -0.146.